The standard InChI is InChI=1S/C16H33NO4Si/c1-15(2,3)21-14(19)17-12(9-10-13(17)18)11-20-22(7,8)16(4,5)6/h12-13,18H,9-11H2,1-8H3/t12-,13-/m0/s1. The van der Waals surface area contributed by atoms with Crippen molar-refractivity contribution in [3.63, 3.8) is 0 Å². The van der Waals surface area contributed by atoms with Crippen LogP contribution in [0.3, 0.4) is 0 Å². The zero-order valence-electron chi connectivity index (χ0n) is 15.4. The molecule has 1 aliphatic heterocycles. The molecule has 1 amide bonds. The fourth-order valence-corrected chi connectivity index (χ4v) is 3.18. The highest BCUT2D eigenvalue weighted by Gasteiger charge is 2.42. The van der Waals surface area contributed by atoms with E-state index in [1.54, 1.807) is 0 Å². The van der Waals surface area contributed by atoms with E-state index < -0.39 is 26.2 Å². The Morgan fingerprint density at radius 2 is 1.73 bits per heavy atom. The van der Waals surface area contributed by atoms with Crippen LogP contribution in [-0.2, 0) is 9.16 Å². The number of hydrogen-bond acceptors (Lipinski definition) is 4. The number of amides is 1. The molecule has 0 aromatic rings. The molecular weight excluding hydrogens is 298 g/mol. The summed E-state index contributed by atoms with van der Waals surface area (Å²) in [6.45, 7) is 16.9. The Morgan fingerprint density at radius 3 is 2.18 bits per heavy atom. The van der Waals surface area contributed by atoms with Crippen LogP contribution in [0.1, 0.15) is 54.4 Å². The molecule has 0 aromatic heterocycles. The second kappa shape index (κ2) is 6.49. The largest absolute Gasteiger partial charge is 0.444 e. The maximum absolute atomic E-state index is 12.3. The minimum absolute atomic E-state index is 0.112. The van der Waals surface area contributed by atoms with E-state index in [0.717, 1.165) is 6.42 Å². The summed E-state index contributed by atoms with van der Waals surface area (Å²) < 4.78 is 11.6. The Labute approximate surface area is 136 Å². The van der Waals surface area contributed by atoms with Gasteiger partial charge >= 0.3 is 6.09 Å². The number of aliphatic hydroxyl groups excluding tert-OH is 1. The van der Waals surface area contributed by atoms with Gasteiger partial charge in [-0.1, -0.05) is 20.8 Å². The molecule has 1 aliphatic rings. The molecule has 1 heterocycles. The van der Waals surface area contributed by atoms with E-state index in [4.69, 9.17) is 9.16 Å². The van der Waals surface area contributed by atoms with Crippen LogP contribution in [0.5, 0.6) is 0 Å². The van der Waals surface area contributed by atoms with E-state index in [0.29, 0.717) is 13.0 Å². The normalized spacial score (nSPS) is 23.8. The summed E-state index contributed by atoms with van der Waals surface area (Å²) in [7, 11) is -1.87. The van der Waals surface area contributed by atoms with Crippen LogP contribution in [-0.4, -0.2) is 48.9 Å². The van der Waals surface area contributed by atoms with E-state index in [9.17, 15) is 9.90 Å². The molecule has 0 aliphatic carbocycles. The average Bonchev–Trinajstić information content (AvgIpc) is 2.64. The topological polar surface area (TPSA) is 59.0 Å². The van der Waals surface area contributed by atoms with E-state index in [1.807, 2.05) is 20.8 Å². The van der Waals surface area contributed by atoms with Crippen molar-refractivity contribution in [2.45, 2.75) is 90.4 Å². The van der Waals surface area contributed by atoms with Crippen LogP contribution in [0, 0.1) is 0 Å². The number of nitrogens with zero attached hydrogens (tertiary/aromatic N) is 1. The van der Waals surface area contributed by atoms with Gasteiger partial charge in [-0.25, -0.2) is 4.79 Å². The van der Waals surface area contributed by atoms with Crippen molar-refractivity contribution >= 4 is 14.4 Å². The highest BCUT2D eigenvalue weighted by molar-refractivity contribution is 6.74. The number of hydrogen-bond donors (Lipinski definition) is 1. The summed E-state index contributed by atoms with van der Waals surface area (Å²) in [5, 5.41) is 10.2. The number of ether oxygens (including phenoxy) is 1. The van der Waals surface area contributed by atoms with Gasteiger partial charge in [0.2, 0.25) is 0 Å². The Morgan fingerprint density at radius 1 is 1.18 bits per heavy atom. The monoisotopic (exact) mass is 331 g/mol. The predicted molar refractivity (Wildman–Crippen MR) is 90.3 cm³/mol. The lowest BCUT2D eigenvalue weighted by molar-refractivity contribution is -0.0296. The number of aliphatic hydroxyl groups is 1. The van der Waals surface area contributed by atoms with Crippen LogP contribution >= 0.6 is 0 Å². The lowest BCUT2D eigenvalue weighted by atomic mass is 10.2. The van der Waals surface area contributed by atoms with Crippen molar-refractivity contribution in [2.24, 2.45) is 0 Å². The van der Waals surface area contributed by atoms with E-state index in [2.05, 4.69) is 33.9 Å². The van der Waals surface area contributed by atoms with Gasteiger partial charge < -0.3 is 14.3 Å². The number of carbonyl (C=O) groups excluding carboxylic acids is 1. The van der Waals surface area contributed by atoms with Gasteiger partial charge in [-0.15, -0.1) is 0 Å². The first-order valence-corrected chi connectivity index (χ1v) is 11.0. The fourth-order valence-electron chi connectivity index (χ4n) is 2.13. The average molecular weight is 332 g/mol. The molecule has 0 radical (unpaired) electrons. The van der Waals surface area contributed by atoms with Crippen molar-refractivity contribution in [3.8, 4) is 0 Å². The summed E-state index contributed by atoms with van der Waals surface area (Å²) in [5.74, 6) is 0. The predicted octanol–water partition coefficient (Wildman–Crippen LogP) is 3.73. The van der Waals surface area contributed by atoms with Crippen LogP contribution in [0.25, 0.3) is 0 Å². The molecule has 0 unspecified atom stereocenters. The van der Waals surface area contributed by atoms with Crippen molar-refractivity contribution in [2.75, 3.05) is 6.61 Å². The second-order valence-electron chi connectivity index (χ2n) is 8.67. The van der Waals surface area contributed by atoms with Gasteiger partial charge in [-0.3, -0.25) is 4.90 Å². The smallest absolute Gasteiger partial charge is 0.412 e. The maximum atomic E-state index is 12.3. The zero-order chi connectivity index (χ0) is 17.3. The molecule has 5 nitrogen and oxygen atoms in total. The van der Waals surface area contributed by atoms with E-state index in [1.165, 1.54) is 4.90 Å². The fraction of sp³-hybridized carbons (Fsp3) is 0.938. The van der Waals surface area contributed by atoms with Crippen molar-refractivity contribution in [1.29, 1.82) is 0 Å². The minimum Gasteiger partial charge on any atom is -0.444 e. The first kappa shape index (κ1) is 19.5. The molecule has 1 saturated heterocycles. The molecule has 1 N–H and O–H groups in total. The molecular formula is C16H33NO4Si. The van der Waals surface area contributed by atoms with E-state index in [-0.39, 0.29) is 11.1 Å². The Kier molecular flexibility index (Phi) is 5.74. The molecule has 1 fully saturated rings. The van der Waals surface area contributed by atoms with Gasteiger partial charge in [0, 0.05) is 0 Å². The lowest BCUT2D eigenvalue weighted by Crippen LogP contribution is -2.49. The van der Waals surface area contributed by atoms with Crippen LogP contribution < -0.4 is 0 Å². The van der Waals surface area contributed by atoms with Gasteiger partial charge in [0.05, 0.1) is 12.6 Å². The van der Waals surface area contributed by atoms with Crippen molar-refractivity contribution in [3.05, 3.63) is 0 Å². The molecule has 2 atom stereocenters. The molecule has 130 valence electrons. The van der Waals surface area contributed by atoms with Crippen LogP contribution in [0.2, 0.25) is 18.1 Å². The number of rotatable bonds is 3. The zero-order valence-corrected chi connectivity index (χ0v) is 16.4. The quantitative estimate of drug-likeness (QED) is 0.801. The summed E-state index contributed by atoms with van der Waals surface area (Å²) >= 11 is 0. The first-order chi connectivity index (χ1) is 9.74. The molecule has 0 aromatic carbocycles. The van der Waals surface area contributed by atoms with Gasteiger partial charge in [0.1, 0.15) is 11.8 Å². The van der Waals surface area contributed by atoms with Gasteiger partial charge in [-0.05, 0) is 51.7 Å². The molecule has 0 saturated carbocycles. The van der Waals surface area contributed by atoms with Gasteiger partial charge in [0.15, 0.2) is 8.32 Å². The Bertz CT molecular complexity index is 398. The lowest BCUT2D eigenvalue weighted by Gasteiger charge is -2.38. The molecule has 0 spiro atoms. The third kappa shape index (κ3) is 4.96. The highest BCUT2D eigenvalue weighted by Crippen LogP contribution is 2.37. The molecule has 22 heavy (non-hydrogen) atoms. The van der Waals surface area contributed by atoms with E-state index >= 15 is 0 Å². The molecule has 6 heteroatoms. The first-order valence-electron chi connectivity index (χ1n) is 8.08. The summed E-state index contributed by atoms with van der Waals surface area (Å²) in [5.41, 5.74) is -0.565. The third-order valence-corrected chi connectivity index (χ3v) is 9.02. The number of likely N-dealkylation sites (tertiary alicyclic amines) is 1. The van der Waals surface area contributed by atoms with Crippen LogP contribution in [0.4, 0.5) is 4.79 Å². The Hall–Kier alpha value is -0.593. The van der Waals surface area contributed by atoms with Crippen molar-refractivity contribution < 1.29 is 19.1 Å². The summed E-state index contributed by atoms with van der Waals surface area (Å²) in [4.78, 5) is 13.7. The van der Waals surface area contributed by atoms with Crippen molar-refractivity contribution in [1.82, 2.24) is 4.90 Å². The second-order valence-corrected chi connectivity index (χ2v) is 13.5. The van der Waals surface area contributed by atoms with Crippen LogP contribution in [0.15, 0.2) is 0 Å². The third-order valence-electron chi connectivity index (χ3n) is 4.52. The Balaban J connectivity index is 2.72. The number of carbonyl (C=O) groups is 1. The SMILES string of the molecule is CC(C)(C)OC(=O)N1[C@H](CO[Si](C)(C)C(C)(C)C)CC[C@@H]1O. The summed E-state index contributed by atoms with van der Waals surface area (Å²) in [6, 6.07) is -0.112. The summed E-state index contributed by atoms with van der Waals surface area (Å²) in [6.07, 6.45) is 0.0870. The van der Waals surface area contributed by atoms with Gasteiger partial charge in [-0.2, -0.15) is 0 Å². The minimum atomic E-state index is -1.87. The maximum Gasteiger partial charge on any atom is 0.412 e. The van der Waals surface area contributed by atoms with Gasteiger partial charge in [0.25, 0.3) is 0 Å². The molecule has 1 rings (SSSR count). The molecule has 0 bridgehead atoms. The highest BCUT2D eigenvalue weighted by atomic mass is 28.4.